The summed E-state index contributed by atoms with van der Waals surface area (Å²) in [4.78, 5) is 12.3. The lowest BCUT2D eigenvalue weighted by Gasteiger charge is -2.20. The Hall–Kier alpha value is -2.59. The Kier molecular flexibility index (Phi) is 4.96. The third-order valence-corrected chi connectivity index (χ3v) is 4.25. The van der Waals surface area contributed by atoms with E-state index in [0.29, 0.717) is 6.42 Å². The Labute approximate surface area is 141 Å². The Morgan fingerprint density at radius 1 is 1.08 bits per heavy atom. The fourth-order valence-electron chi connectivity index (χ4n) is 2.86. The van der Waals surface area contributed by atoms with Crippen LogP contribution in [0.5, 0.6) is 0 Å². The molecule has 0 fully saturated rings. The van der Waals surface area contributed by atoms with E-state index in [9.17, 15) is 9.90 Å². The highest BCUT2D eigenvalue weighted by atomic mass is 16.3. The van der Waals surface area contributed by atoms with Crippen LogP contribution in [0.3, 0.4) is 0 Å². The quantitative estimate of drug-likeness (QED) is 0.733. The predicted molar refractivity (Wildman–Crippen MR) is 95.7 cm³/mol. The van der Waals surface area contributed by atoms with Gasteiger partial charge in [-0.2, -0.15) is 0 Å². The van der Waals surface area contributed by atoms with Crippen molar-refractivity contribution >= 4 is 16.8 Å². The van der Waals surface area contributed by atoms with E-state index >= 15 is 0 Å². The molecule has 3 aromatic rings. The van der Waals surface area contributed by atoms with Crippen molar-refractivity contribution in [3.63, 3.8) is 0 Å². The summed E-state index contributed by atoms with van der Waals surface area (Å²) in [5, 5.41) is 14.3. The molecule has 0 aliphatic heterocycles. The molecule has 24 heavy (non-hydrogen) atoms. The molecule has 2 atom stereocenters. The minimum Gasteiger partial charge on any atom is -0.391 e. The van der Waals surface area contributed by atoms with Crippen LogP contribution in [-0.4, -0.2) is 27.7 Å². The van der Waals surface area contributed by atoms with Gasteiger partial charge in [-0.15, -0.1) is 0 Å². The SMILES string of the molecule is CC(NC(=O)Cn1ccc2ccccc21)C(O)Cc1ccccc1. The Balaban J connectivity index is 1.58. The molecule has 1 heterocycles. The summed E-state index contributed by atoms with van der Waals surface area (Å²) in [6, 6.07) is 19.4. The fraction of sp³-hybridized carbons (Fsp3) is 0.250. The van der Waals surface area contributed by atoms with Crippen LogP contribution in [0.2, 0.25) is 0 Å². The van der Waals surface area contributed by atoms with E-state index in [1.165, 1.54) is 0 Å². The van der Waals surface area contributed by atoms with Gasteiger partial charge in [-0.25, -0.2) is 0 Å². The molecule has 1 aromatic heterocycles. The second-order valence-electron chi connectivity index (χ2n) is 6.12. The normalized spacial score (nSPS) is 13.6. The molecule has 0 aliphatic carbocycles. The number of carbonyl (C=O) groups excluding carboxylic acids is 1. The summed E-state index contributed by atoms with van der Waals surface area (Å²) in [6.45, 7) is 2.08. The van der Waals surface area contributed by atoms with Gasteiger partial charge < -0.3 is 15.0 Å². The summed E-state index contributed by atoms with van der Waals surface area (Å²) in [7, 11) is 0. The molecule has 2 unspecified atom stereocenters. The number of aromatic nitrogens is 1. The van der Waals surface area contributed by atoms with Crippen molar-refractivity contribution in [2.45, 2.75) is 32.0 Å². The molecule has 0 aliphatic rings. The lowest BCUT2D eigenvalue weighted by Crippen LogP contribution is -2.43. The summed E-state index contributed by atoms with van der Waals surface area (Å²) in [5.41, 5.74) is 2.09. The van der Waals surface area contributed by atoms with E-state index in [1.54, 1.807) is 0 Å². The minimum absolute atomic E-state index is 0.101. The van der Waals surface area contributed by atoms with Crippen LogP contribution in [-0.2, 0) is 17.8 Å². The number of carbonyl (C=O) groups is 1. The average Bonchev–Trinajstić information content (AvgIpc) is 2.99. The first-order chi connectivity index (χ1) is 11.6. The molecule has 0 bridgehead atoms. The standard InChI is InChI=1S/C20H22N2O2/c1-15(19(23)13-16-7-3-2-4-8-16)21-20(24)14-22-12-11-17-9-5-6-10-18(17)22/h2-12,15,19,23H,13-14H2,1H3,(H,21,24). The maximum atomic E-state index is 12.3. The smallest absolute Gasteiger partial charge is 0.240 e. The maximum Gasteiger partial charge on any atom is 0.240 e. The van der Waals surface area contributed by atoms with Gasteiger partial charge in [-0.3, -0.25) is 4.79 Å². The fourth-order valence-corrected chi connectivity index (χ4v) is 2.86. The van der Waals surface area contributed by atoms with Crippen molar-refractivity contribution in [2.75, 3.05) is 0 Å². The average molecular weight is 322 g/mol. The number of benzene rings is 2. The number of amides is 1. The van der Waals surface area contributed by atoms with Crippen LogP contribution in [0.15, 0.2) is 66.9 Å². The first-order valence-corrected chi connectivity index (χ1v) is 8.19. The van der Waals surface area contributed by atoms with Gasteiger partial charge in [0.15, 0.2) is 0 Å². The number of nitrogens with zero attached hydrogens (tertiary/aromatic N) is 1. The Morgan fingerprint density at radius 2 is 1.79 bits per heavy atom. The molecule has 3 rings (SSSR count). The molecule has 0 radical (unpaired) electrons. The van der Waals surface area contributed by atoms with Gasteiger partial charge in [-0.1, -0.05) is 48.5 Å². The van der Waals surface area contributed by atoms with Gasteiger partial charge in [-0.05, 0) is 30.0 Å². The molecular weight excluding hydrogens is 300 g/mol. The van der Waals surface area contributed by atoms with Gasteiger partial charge in [0.2, 0.25) is 5.91 Å². The van der Waals surface area contributed by atoms with Gasteiger partial charge in [0.25, 0.3) is 0 Å². The van der Waals surface area contributed by atoms with E-state index in [1.807, 2.05) is 78.4 Å². The van der Waals surface area contributed by atoms with Crippen molar-refractivity contribution < 1.29 is 9.90 Å². The van der Waals surface area contributed by atoms with Crippen LogP contribution in [0.4, 0.5) is 0 Å². The lowest BCUT2D eigenvalue weighted by atomic mass is 10.0. The zero-order valence-electron chi connectivity index (χ0n) is 13.7. The van der Waals surface area contributed by atoms with Gasteiger partial charge in [0.1, 0.15) is 6.54 Å². The van der Waals surface area contributed by atoms with Crippen molar-refractivity contribution in [3.05, 3.63) is 72.4 Å². The summed E-state index contributed by atoms with van der Waals surface area (Å²) in [6.07, 6.45) is 1.82. The second kappa shape index (κ2) is 7.32. The van der Waals surface area contributed by atoms with Crippen LogP contribution in [0.25, 0.3) is 10.9 Å². The molecule has 2 N–H and O–H groups in total. The number of fused-ring (bicyclic) bond motifs is 1. The number of aliphatic hydroxyl groups is 1. The number of hydrogen-bond acceptors (Lipinski definition) is 2. The van der Waals surface area contributed by atoms with Gasteiger partial charge in [0.05, 0.1) is 12.1 Å². The third-order valence-electron chi connectivity index (χ3n) is 4.25. The number of para-hydroxylation sites is 1. The molecule has 0 saturated heterocycles. The Morgan fingerprint density at radius 3 is 2.58 bits per heavy atom. The topological polar surface area (TPSA) is 54.3 Å². The number of rotatable bonds is 6. The van der Waals surface area contributed by atoms with Gasteiger partial charge in [0, 0.05) is 18.1 Å². The lowest BCUT2D eigenvalue weighted by molar-refractivity contribution is -0.123. The van der Waals surface area contributed by atoms with Crippen molar-refractivity contribution in [1.29, 1.82) is 0 Å². The van der Waals surface area contributed by atoms with E-state index < -0.39 is 6.10 Å². The molecule has 0 spiro atoms. The Bertz CT molecular complexity index is 811. The van der Waals surface area contributed by atoms with Crippen LogP contribution in [0, 0.1) is 0 Å². The summed E-state index contributed by atoms with van der Waals surface area (Å²) >= 11 is 0. The maximum absolute atomic E-state index is 12.3. The third kappa shape index (κ3) is 3.84. The first kappa shape index (κ1) is 16.3. The summed E-state index contributed by atoms with van der Waals surface area (Å²) in [5.74, 6) is -0.101. The largest absolute Gasteiger partial charge is 0.391 e. The molecule has 4 nitrogen and oxygen atoms in total. The van der Waals surface area contributed by atoms with Crippen LogP contribution < -0.4 is 5.32 Å². The van der Waals surface area contributed by atoms with Crippen molar-refractivity contribution in [2.24, 2.45) is 0 Å². The van der Waals surface area contributed by atoms with Gasteiger partial charge >= 0.3 is 0 Å². The molecule has 2 aromatic carbocycles. The van der Waals surface area contributed by atoms with E-state index in [2.05, 4.69) is 5.32 Å². The highest BCUT2D eigenvalue weighted by Gasteiger charge is 2.17. The van der Waals surface area contributed by atoms with E-state index in [0.717, 1.165) is 16.5 Å². The predicted octanol–water partition coefficient (Wildman–Crippen LogP) is 2.75. The molecule has 1 amide bonds. The van der Waals surface area contributed by atoms with E-state index in [-0.39, 0.29) is 18.5 Å². The first-order valence-electron chi connectivity index (χ1n) is 8.19. The van der Waals surface area contributed by atoms with E-state index in [4.69, 9.17) is 0 Å². The summed E-state index contributed by atoms with van der Waals surface area (Å²) < 4.78 is 1.92. The zero-order valence-corrected chi connectivity index (χ0v) is 13.7. The number of nitrogens with one attached hydrogen (secondary N) is 1. The van der Waals surface area contributed by atoms with Crippen molar-refractivity contribution in [3.8, 4) is 0 Å². The number of aliphatic hydroxyl groups excluding tert-OH is 1. The molecule has 4 heteroatoms. The van der Waals surface area contributed by atoms with Crippen molar-refractivity contribution in [1.82, 2.24) is 9.88 Å². The monoisotopic (exact) mass is 322 g/mol. The zero-order chi connectivity index (χ0) is 16.9. The minimum atomic E-state index is -0.613. The molecule has 124 valence electrons. The highest BCUT2D eigenvalue weighted by molar-refractivity contribution is 5.83. The highest BCUT2D eigenvalue weighted by Crippen LogP contribution is 2.14. The molecular formula is C20H22N2O2. The number of hydrogen-bond donors (Lipinski definition) is 2. The van der Waals surface area contributed by atoms with Crippen LogP contribution >= 0.6 is 0 Å². The molecule has 0 saturated carbocycles. The second-order valence-corrected chi connectivity index (χ2v) is 6.12. The van der Waals surface area contributed by atoms with Crippen LogP contribution in [0.1, 0.15) is 12.5 Å².